The average molecular weight is 284 g/mol. The van der Waals surface area contributed by atoms with Crippen LogP contribution in [0.3, 0.4) is 0 Å². The second-order valence-electron chi connectivity index (χ2n) is 5.29. The molecule has 0 saturated heterocycles. The van der Waals surface area contributed by atoms with E-state index in [1.807, 2.05) is 6.92 Å². The van der Waals surface area contributed by atoms with Gasteiger partial charge >= 0.3 is 0 Å². The van der Waals surface area contributed by atoms with E-state index in [1.54, 1.807) is 0 Å². The van der Waals surface area contributed by atoms with Crippen LogP contribution in [0.15, 0.2) is 12.3 Å². The Morgan fingerprint density at radius 2 is 2.11 bits per heavy atom. The van der Waals surface area contributed by atoms with Crippen LogP contribution in [0.5, 0.6) is 0 Å². The molecule has 0 aliphatic carbocycles. The molecule has 0 spiro atoms. The SMILES string of the molecule is CC(C)CCCC(C)NC(=O)c1cc(N)ncc1Cl. The molecule has 1 aromatic heterocycles. The number of aromatic nitrogens is 1. The van der Waals surface area contributed by atoms with Crippen LogP contribution < -0.4 is 11.1 Å². The van der Waals surface area contributed by atoms with Gasteiger partial charge in [-0.25, -0.2) is 4.98 Å². The van der Waals surface area contributed by atoms with Crippen molar-refractivity contribution in [2.45, 2.75) is 46.1 Å². The third kappa shape index (κ3) is 5.47. The lowest BCUT2D eigenvalue weighted by Crippen LogP contribution is -2.32. The summed E-state index contributed by atoms with van der Waals surface area (Å²) in [6.45, 7) is 6.39. The van der Waals surface area contributed by atoms with E-state index in [4.69, 9.17) is 17.3 Å². The first-order chi connectivity index (χ1) is 8.90. The lowest BCUT2D eigenvalue weighted by atomic mass is 10.0. The molecule has 0 fully saturated rings. The van der Waals surface area contributed by atoms with Crippen LogP contribution in [0.1, 0.15) is 50.4 Å². The standard InChI is InChI=1S/C14H22ClN3O/c1-9(2)5-4-6-10(3)18-14(19)11-7-13(16)17-8-12(11)15/h7-10H,4-6H2,1-3H3,(H2,16,17)(H,18,19). The third-order valence-electron chi connectivity index (χ3n) is 2.92. The molecular formula is C14H22ClN3O. The summed E-state index contributed by atoms with van der Waals surface area (Å²) in [4.78, 5) is 15.9. The van der Waals surface area contributed by atoms with Crippen molar-refractivity contribution in [3.05, 3.63) is 22.8 Å². The fraction of sp³-hybridized carbons (Fsp3) is 0.571. The van der Waals surface area contributed by atoms with Crippen LogP contribution >= 0.6 is 11.6 Å². The molecule has 19 heavy (non-hydrogen) atoms. The Balaban J connectivity index is 2.52. The molecule has 4 nitrogen and oxygen atoms in total. The number of anilines is 1. The van der Waals surface area contributed by atoms with Crippen molar-refractivity contribution < 1.29 is 4.79 Å². The summed E-state index contributed by atoms with van der Waals surface area (Å²) < 4.78 is 0. The van der Waals surface area contributed by atoms with Crippen molar-refractivity contribution >= 4 is 23.3 Å². The highest BCUT2D eigenvalue weighted by Crippen LogP contribution is 2.17. The summed E-state index contributed by atoms with van der Waals surface area (Å²) in [5.41, 5.74) is 5.94. The summed E-state index contributed by atoms with van der Waals surface area (Å²) in [6.07, 6.45) is 4.63. The van der Waals surface area contributed by atoms with Gasteiger partial charge in [0.1, 0.15) is 5.82 Å². The predicted molar refractivity (Wildman–Crippen MR) is 79.3 cm³/mol. The van der Waals surface area contributed by atoms with E-state index in [0.717, 1.165) is 12.8 Å². The van der Waals surface area contributed by atoms with Crippen LogP contribution in [0.25, 0.3) is 0 Å². The number of hydrogen-bond donors (Lipinski definition) is 2. The molecule has 5 heteroatoms. The molecule has 1 unspecified atom stereocenters. The maximum absolute atomic E-state index is 12.0. The summed E-state index contributed by atoms with van der Waals surface area (Å²) in [6, 6.07) is 1.62. The Labute approximate surface area is 119 Å². The predicted octanol–water partition coefficient (Wildman–Crippen LogP) is 3.26. The number of rotatable bonds is 6. The summed E-state index contributed by atoms with van der Waals surface area (Å²) >= 11 is 5.94. The number of amides is 1. The van der Waals surface area contributed by atoms with E-state index >= 15 is 0 Å². The summed E-state index contributed by atoms with van der Waals surface area (Å²) in [5, 5.41) is 3.25. The van der Waals surface area contributed by atoms with Crippen LogP contribution in [0.2, 0.25) is 5.02 Å². The van der Waals surface area contributed by atoms with E-state index in [-0.39, 0.29) is 11.9 Å². The van der Waals surface area contributed by atoms with Gasteiger partial charge in [0.15, 0.2) is 0 Å². The minimum atomic E-state index is -0.198. The Morgan fingerprint density at radius 1 is 1.42 bits per heavy atom. The molecule has 1 amide bonds. The minimum absolute atomic E-state index is 0.122. The molecule has 0 aliphatic rings. The number of nitrogens with two attached hydrogens (primary N) is 1. The molecule has 1 atom stereocenters. The molecule has 0 aromatic carbocycles. The number of pyridine rings is 1. The molecule has 0 bridgehead atoms. The van der Waals surface area contributed by atoms with Crippen molar-refractivity contribution in [2.24, 2.45) is 5.92 Å². The summed E-state index contributed by atoms with van der Waals surface area (Å²) in [5.74, 6) is 0.787. The Bertz CT molecular complexity index is 435. The van der Waals surface area contributed by atoms with Gasteiger partial charge in [-0.2, -0.15) is 0 Å². The van der Waals surface area contributed by atoms with Gasteiger partial charge in [-0.15, -0.1) is 0 Å². The zero-order valence-corrected chi connectivity index (χ0v) is 12.5. The van der Waals surface area contributed by atoms with Gasteiger partial charge in [-0.3, -0.25) is 4.79 Å². The third-order valence-corrected chi connectivity index (χ3v) is 3.22. The van der Waals surface area contributed by atoms with Crippen molar-refractivity contribution in [3.63, 3.8) is 0 Å². The lowest BCUT2D eigenvalue weighted by molar-refractivity contribution is 0.0938. The number of nitrogen functional groups attached to an aromatic ring is 1. The quantitative estimate of drug-likeness (QED) is 0.842. The number of hydrogen-bond acceptors (Lipinski definition) is 3. The van der Waals surface area contributed by atoms with E-state index in [1.165, 1.54) is 18.7 Å². The lowest BCUT2D eigenvalue weighted by Gasteiger charge is -2.15. The first-order valence-electron chi connectivity index (χ1n) is 6.62. The van der Waals surface area contributed by atoms with Gasteiger partial charge in [0.05, 0.1) is 10.6 Å². The van der Waals surface area contributed by atoms with Gasteiger partial charge in [0, 0.05) is 12.2 Å². The minimum Gasteiger partial charge on any atom is -0.384 e. The molecule has 1 rings (SSSR count). The van der Waals surface area contributed by atoms with Gasteiger partial charge in [-0.05, 0) is 25.3 Å². The number of halogens is 1. The Morgan fingerprint density at radius 3 is 2.74 bits per heavy atom. The van der Waals surface area contributed by atoms with Crippen molar-refractivity contribution in [2.75, 3.05) is 5.73 Å². The second kappa shape index (κ2) is 7.34. The number of carbonyl (C=O) groups is 1. The zero-order valence-electron chi connectivity index (χ0n) is 11.7. The fourth-order valence-corrected chi connectivity index (χ4v) is 2.02. The van der Waals surface area contributed by atoms with E-state index in [0.29, 0.717) is 22.3 Å². The van der Waals surface area contributed by atoms with Crippen molar-refractivity contribution in [3.8, 4) is 0 Å². The molecule has 1 aromatic rings. The monoisotopic (exact) mass is 283 g/mol. The average Bonchev–Trinajstić information content (AvgIpc) is 2.31. The Kier molecular flexibility index (Phi) is 6.09. The maximum atomic E-state index is 12.0. The van der Waals surface area contributed by atoms with Gasteiger partial charge < -0.3 is 11.1 Å². The highest BCUT2D eigenvalue weighted by molar-refractivity contribution is 6.33. The largest absolute Gasteiger partial charge is 0.384 e. The van der Waals surface area contributed by atoms with Crippen LogP contribution in [-0.2, 0) is 0 Å². The van der Waals surface area contributed by atoms with Crippen molar-refractivity contribution in [1.82, 2.24) is 10.3 Å². The molecule has 1 heterocycles. The second-order valence-corrected chi connectivity index (χ2v) is 5.70. The van der Waals surface area contributed by atoms with Crippen LogP contribution in [0, 0.1) is 5.92 Å². The number of nitrogens with zero attached hydrogens (tertiary/aromatic N) is 1. The van der Waals surface area contributed by atoms with Gasteiger partial charge in [-0.1, -0.05) is 38.3 Å². The molecule has 0 aliphatic heterocycles. The van der Waals surface area contributed by atoms with Gasteiger partial charge in [0.2, 0.25) is 0 Å². The van der Waals surface area contributed by atoms with E-state index in [2.05, 4.69) is 24.1 Å². The van der Waals surface area contributed by atoms with Crippen LogP contribution in [0.4, 0.5) is 5.82 Å². The smallest absolute Gasteiger partial charge is 0.253 e. The fourth-order valence-electron chi connectivity index (χ4n) is 1.83. The highest BCUT2D eigenvalue weighted by atomic mass is 35.5. The number of carbonyl (C=O) groups excluding carboxylic acids is 1. The first kappa shape index (κ1) is 15.8. The summed E-state index contributed by atoms with van der Waals surface area (Å²) in [7, 11) is 0. The van der Waals surface area contributed by atoms with E-state index < -0.39 is 0 Å². The molecule has 0 radical (unpaired) electrons. The normalized spacial score (nSPS) is 12.5. The Hall–Kier alpha value is -1.29. The van der Waals surface area contributed by atoms with Crippen LogP contribution in [-0.4, -0.2) is 16.9 Å². The highest BCUT2D eigenvalue weighted by Gasteiger charge is 2.14. The molecular weight excluding hydrogens is 262 g/mol. The van der Waals surface area contributed by atoms with Gasteiger partial charge in [0.25, 0.3) is 5.91 Å². The molecule has 3 N–H and O–H groups in total. The zero-order chi connectivity index (χ0) is 14.4. The van der Waals surface area contributed by atoms with Crippen molar-refractivity contribution in [1.29, 1.82) is 0 Å². The topological polar surface area (TPSA) is 68.0 Å². The number of nitrogens with one attached hydrogen (secondary N) is 1. The van der Waals surface area contributed by atoms with E-state index in [9.17, 15) is 4.79 Å². The maximum Gasteiger partial charge on any atom is 0.253 e. The molecule has 106 valence electrons. The molecule has 0 saturated carbocycles. The first-order valence-corrected chi connectivity index (χ1v) is 6.99.